The first-order valence-electron chi connectivity index (χ1n) is 9.37. The predicted octanol–water partition coefficient (Wildman–Crippen LogP) is 6.01. The molecule has 1 unspecified atom stereocenters. The number of hydrogen-bond donors (Lipinski definition) is 1. The van der Waals surface area contributed by atoms with Crippen molar-refractivity contribution in [1.82, 2.24) is 0 Å². The lowest BCUT2D eigenvalue weighted by Crippen LogP contribution is -2.13. The van der Waals surface area contributed by atoms with E-state index in [1.54, 1.807) is 6.08 Å². The molecule has 0 saturated carbocycles. The van der Waals surface area contributed by atoms with Gasteiger partial charge in [-0.25, -0.2) is 4.79 Å². The van der Waals surface area contributed by atoms with E-state index < -0.39 is 5.97 Å². The van der Waals surface area contributed by atoms with Crippen LogP contribution in [-0.4, -0.2) is 17.7 Å². The van der Waals surface area contributed by atoms with Crippen LogP contribution in [0.2, 0.25) is 0 Å². The van der Waals surface area contributed by atoms with Gasteiger partial charge in [0, 0.05) is 0 Å². The molecule has 2 aromatic carbocycles. The minimum absolute atomic E-state index is 0.00686. The van der Waals surface area contributed by atoms with Crippen LogP contribution >= 0.6 is 0 Å². The molecule has 0 amide bonds. The summed E-state index contributed by atoms with van der Waals surface area (Å²) in [6.07, 6.45) is 5.97. The Morgan fingerprint density at radius 1 is 1.04 bits per heavy atom. The zero-order chi connectivity index (χ0) is 18.8. The molecule has 1 atom stereocenters. The molecular weight excluding hydrogens is 324 g/mol. The van der Waals surface area contributed by atoms with Crippen LogP contribution in [0.3, 0.4) is 0 Å². The fraction of sp³-hybridized carbons (Fsp3) is 0.348. The van der Waals surface area contributed by atoms with E-state index in [1.807, 2.05) is 42.5 Å². The zero-order valence-electron chi connectivity index (χ0n) is 15.7. The smallest absolute Gasteiger partial charge is 0.371 e. The average Bonchev–Trinajstić information content (AvgIpc) is 2.68. The first kappa shape index (κ1) is 19.8. The number of carboxylic acids is 1. The summed E-state index contributed by atoms with van der Waals surface area (Å²) in [5.41, 5.74) is 3.06. The van der Waals surface area contributed by atoms with Crippen LogP contribution < -0.4 is 0 Å². The van der Waals surface area contributed by atoms with Crippen LogP contribution in [0.4, 0.5) is 0 Å². The maximum absolute atomic E-state index is 11.5. The van der Waals surface area contributed by atoms with Gasteiger partial charge in [0.25, 0.3) is 0 Å². The largest absolute Gasteiger partial charge is 0.486 e. The van der Waals surface area contributed by atoms with E-state index in [0.29, 0.717) is 12.5 Å². The van der Waals surface area contributed by atoms with Gasteiger partial charge in [0.2, 0.25) is 5.76 Å². The molecule has 2 aromatic rings. The highest BCUT2D eigenvalue weighted by Gasteiger charge is 2.13. The number of carbonyl (C=O) groups is 1. The van der Waals surface area contributed by atoms with E-state index in [-0.39, 0.29) is 5.76 Å². The normalized spacial score (nSPS) is 12.6. The van der Waals surface area contributed by atoms with Gasteiger partial charge in [0.05, 0.1) is 6.61 Å². The molecule has 0 aliphatic carbocycles. The van der Waals surface area contributed by atoms with E-state index in [0.717, 1.165) is 42.4 Å². The van der Waals surface area contributed by atoms with Crippen molar-refractivity contribution in [2.24, 2.45) is 5.92 Å². The van der Waals surface area contributed by atoms with Crippen LogP contribution in [0.1, 0.15) is 45.1 Å². The van der Waals surface area contributed by atoms with E-state index >= 15 is 0 Å². The Morgan fingerprint density at radius 2 is 1.69 bits per heavy atom. The fourth-order valence-electron chi connectivity index (χ4n) is 2.82. The zero-order valence-corrected chi connectivity index (χ0v) is 15.7. The van der Waals surface area contributed by atoms with Crippen LogP contribution in [0.5, 0.6) is 0 Å². The maximum Gasteiger partial charge on any atom is 0.371 e. The van der Waals surface area contributed by atoms with Gasteiger partial charge >= 0.3 is 5.97 Å². The van der Waals surface area contributed by atoms with Crippen molar-refractivity contribution in [3.05, 3.63) is 65.9 Å². The SMILES string of the molecule is CCCCC(CC)COC(=Cc1ccc(-c2ccccc2)cc1)C(=O)O. The lowest BCUT2D eigenvalue weighted by molar-refractivity contribution is -0.136. The van der Waals surface area contributed by atoms with Crippen molar-refractivity contribution in [1.29, 1.82) is 0 Å². The summed E-state index contributed by atoms with van der Waals surface area (Å²) >= 11 is 0. The number of unbranched alkanes of at least 4 members (excludes halogenated alkanes) is 1. The molecule has 0 saturated heterocycles. The van der Waals surface area contributed by atoms with E-state index in [4.69, 9.17) is 4.74 Å². The molecule has 0 heterocycles. The summed E-state index contributed by atoms with van der Waals surface area (Å²) in [4.78, 5) is 11.5. The highest BCUT2D eigenvalue weighted by Crippen LogP contribution is 2.21. The summed E-state index contributed by atoms with van der Waals surface area (Å²) in [6.45, 7) is 4.74. The van der Waals surface area contributed by atoms with Gasteiger partial charge in [-0.15, -0.1) is 0 Å². The quantitative estimate of drug-likeness (QED) is 0.420. The summed E-state index contributed by atoms with van der Waals surface area (Å²) in [6, 6.07) is 17.9. The minimum Gasteiger partial charge on any atom is -0.486 e. The lowest BCUT2D eigenvalue weighted by Gasteiger charge is -2.15. The molecule has 3 nitrogen and oxygen atoms in total. The number of hydrogen-bond acceptors (Lipinski definition) is 2. The second-order valence-electron chi connectivity index (χ2n) is 6.53. The van der Waals surface area contributed by atoms with Crippen LogP contribution in [-0.2, 0) is 9.53 Å². The summed E-state index contributed by atoms with van der Waals surface area (Å²) in [5, 5.41) is 9.44. The van der Waals surface area contributed by atoms with Crippen LogP contribution in [0.15, 0.2) is 60.4 Å². The molecule has 0 aromatic heterocycles. The molecule has 1 N–H and O–H groups in total. The van der Waals surface area contributed by atoms with Gasteiger partial charge in [-0.2, -0.15) is 0 Å². The van der Waals surface area contributed by atoms with Crippen molar-refractivity contribution in [3.8, 4) is 11.1 Å². The van der Waals surface area contributed by atoms with E-state index in [1.165, 1.54) is 0 Å². The summed E-state index contributed by atoms with van der Waals surface area (Å²) in [5.74, 6) is -0.618. The van der Waals surface area contributed by atoms with E-state index in [9.17, 15) is 9.90 Å². The Morgan fingerprint density at radius 3 is 2.27 bits per heavy atom. The van der Waals surface area contributed by atoms with Gasteiger partial charge in [-0.3, -0.25) is 0 Å². The predicted molar refractivity (Wildman–Crippen MR) is 107 cm³/mol. The number of benzene rings is 2. The first-order chi connectivity index (χ1) is 12.6. The van der Waals surface area contributed by atoms with Gasteiger partial charge in [0.15, 0.2) is 0 Å². The second kappa shape index (κ2) is 10.4. The Bertz CT molecular complexity index is 702. The molecule has 0 fully saturated rings. The molecule has 0 aliphatic heterocycles. The first-order valence-corrected chi connectivity index (χ1v) is 9.37. The standard InChI is InChI=1S/C23H28O3/c1-3-5-9-18(4-2)17-26-22(23(24)25)16-19-12-14-21(15-13-19)20-10-7-6-8-11-20/h6-8,10-16,18H,3-5,9,17H2,1-2H3,(H,24,25). The fourth-order valence-corrected chi connectivity index (χ4v) is 2.82. The van der Waals surface area contributed by atoms with Crippen molar-refractivity contribution < 1.29 is 14.6 Å². The van der Waals surface area contributed by atoms with Gasteiger partial charge in [-0.05, 0) is 35.1 Å². The Hall–Kier alpha value is -2.55. The number of rotatable bonds is 10. The Kier molecular flexibility index (Phi) is 7.94. The molecule has 138 valence electrons. The van der Waals surface area contributed by atoms with Crippen LogP contribution in [0, 0.1) is 5.92 Å². The van der Waals surface area contributed by atoms with Crippen molar-refractivity contribution >= 4 is 12.0 Å². The Labute approximate surface area is 156 Å². The monoisotopic (exact) mass is 352 g/mol. The number of carboxylic acid groups (broad SMARTS) is 1. The third kappa shape index (κ3) is 6.07. The molecule has 0 bridgehead atoms. The second-order valence-corrected chi connectivity index (χ2v) is 6.53. The summed E-state index contributed by atoms with van der Waals surface area (Å²) < 4.78 is 5.63. The highest BCUT2D eigenvalue weighted by molar-refractivity contribution is 5.90. The Balaban J connectivity index is 2.06. The lowest BCUT2D eigenvalue weighted by atomic mass is 10.0. The van der Waals surface area contributed by atoms with Crippen LogP contribution in [0.25, 0.3) is 17.2 Å². The molecule has 26 heavy (non-hydrogen) atoms. The van der Waals surface area contributed by atoms with Crippen molar-refractivity contribution in [3.63, 3.8) is 0 Å². The third-order valence-corrected chi connectivity index (χ3v) is 4.54. The van der Waals surface area contributed by atoms with Crippen molar-refractivity contribution in [2.75, 3.05) is 6.61 Å². The average molecular weight is 352 g/mol. The maximum atomic E-state index is 11.5. The number of aliphatic carboxylic acids is 1. The molecular formula is C23H28O3. The van der Waals surface area contributed by atoms with Gasteiger partial charge < -0.3 is 9.84 Å². The molecule has 3 heteroatoms. The van der Waals surface area contributed by atoms with Gasteiger partial charge in [0.1, 0.15) is 0 Å². The number of ether oxygens (including phenoxy) is 1. The molecule has 2 rings (SSSR count). The highest BCUT2D eigenvalue weighted by atomic mass is 16.5. The summed E-state index contributed by atoms with van der Waals surface area (Å²) in [7, 11) is 0. The molecule has 0 spiro atoms. The molecule has 0 radical (unpaired) electrons. The van der Waals surface area contributed by atoms with E-state index in [2.05, 4.69) is 26.0 Å². The van der Waals surface area contributed by atoms with Gasteiger partial charge in [-0.1, -0.05) is 87.7 Å². The molecule has 0 aliphatic rings. The third-order valence-electron chi connectivity index (χ3n) is 4.54. The van der Waals surface area contributed by atoms with Crippen molar-refractivity contribution in [2.45, 2.75) is 39.5 Å². The minimum atomic E-state index is -1.03. The topological polar surface area (TPSA) is 46.5 Å².